The van der Waals surface area contributed by atoms with E-state index in [4.69, 9.17) is 4.74 Å². The highest BCUT2D eigenvalue weighted by Gasteiger charge is 2.24. The number of anilines is 1. The first-order chi connectivity index (χ1) is 15.7. The van der Waals surface area contributed by atoms with Gasteiger partial charge in [-0.25, -0.2) is 13.4 Å². The number of nitrogens with zero attached hydrogens (tertiary/aromatic N) is 2. The summed E-state index contributed by atoms with van der Waals surface area (Å²) in [4.78, 5) is 40.7. The van der Waals surface area contributed by atoms with E-state index < -0.39 is 21.8 Å². The Morgan fingerprint density at radius 2 is 1.91 bits per heavy atom. The molecule has 0 spiro atoms. The summed E-state index contributed by atoms with van der Waals surface area (Å²) in [6.07, 6.45) is 8.79. The van der Waals surface area contributed by atoms with Crippen LogP contribution >= 0.6 is 11.3 Å². The van der Waals surface area contributed by atoms with Crippen LogP contribution in [0, 0.1) is 5.92 Å². The first kappa shape index (κ1) is 24.9. The van der Waals surface area contributed by atoms with Crippen molar-refractivity contribution in [3.8, 4) is 0 Å². The Kier molecular flexibility index (Phi) is 8.25. The predicted octanol–water partition coefficient (Wildman–Crippen LogP) is 2.35. The average molecular weight is 497 g/mol. The Hall–Kier alpha value is -2.73. The fraction of sp³-hybridized carbons (Fsp3) is 0.524. The van der Waals surface area contributed by atoms with E-state index in [0.717, 1.165) is 54.4 Å². The molecule has 33 heavy (non-hydrogen) atoms. The lowest BCUT2D eigenvalue weighted by molar-refractivity contribution is -0.146. The quantitative estimate of drug-likeness (QED) is 0.562. The lowest BCUT2D eigenvalue weighted by Crippen LogP contribution is -2.32. The van der Waals surface area contributed by atoms with Crippen molar-refractivity contribution in [2.24, 2.45) is 5.92 Å². The highest BCUT2D eigenvalue weighted by molar-refractivity contribution is 7.89. The Morgan fingerprint density at radius 3 is 2.52 bits per heavy atom. The minimum atomic E-state index is -3.48. The molecule has 1 fully saturated rings. The van der Waals surface area contributed by atoms with Crippen LogP contribution in [0.25, 0.3) is 0 Å². The van der Waals surface area contributed by atoms with Gasteiger partial charge in [0.1, 0.15) is 0 Å². The second-order valence-electron chi connectivity index (χ2n) is 8.08. The van der Waals surface area contributed by atoms with Crippen LogP contribution in [-0.2, 0) is 24.3 Å². The Labute approximate surface area is 196 Å². The second-order valence-corrected chi connectivity index (χ2v) is 10.8. The highest BCUT2D eigenvalue weighted by Crippen LogP contribution is 2.34. The minimum absolute atomic E-state index is 0.0265. The van der Waals surface area contributed by atoms with Crippen LogP contribution in [-0.4, -0.2) is 55.1 Å². The molecule has 1 aliphatic rings. The molecule has 0 unspecified atom stereocenters. The van der Waals surface area contributed by atoms with E-state index in [-0.39, 0.29) is 29.9 Å². The van der Waals surface area contributed by atoms with E-state index in [2.05, 4.69) is 15.6 Å². The predicted molar refractivity (Wildman–Crippen MR) is 124 cm³/mol. The monoisotopic (exact) mass is 496 g/mol. The summed E-state index contributed by atoms with van der Waals surface area (Å²) >= 11 is 1.33. The van der Waals surface area contributed by atoms with Crippen molar-refractivity contribution in [3.63, 3.8) is 0 Å². The summed E-state index contributed by atoms with van der Waals surface area (Å²) in [7, 11) is -2.05. The van der Waals surface area contributed by atoms with Gasteiger partial charge in [0, 0.05) is 23.7 Å². The molecule has 0 atom stereocenters. The fourth-order valence-electron chi connectivity index (χ4n) is 3.88. The van der Waals surface area contributed by atoms with Crippen LogP contribution in [0.4, 0.5) is 5.13 Å². The van der Waals surface area contributed by atoms with Crippen molar-refractivity contribution < 1.29 is 27.5 Å². The molecule has 2 aromatic rings. The molecule has 1 aliphatic carbocycles. The summed E-state index contributed by atoms with van der Waals surface area (Å²) in [6, 6.07) is 1.36. The summed E-state index contributed by atoms with van der Waals surface area (Å²) in [6.45, 7) is -0.268. The smallest absolute Gasteiger partial charge is 0.308 e. The zero-order valence-corrected chi connectivity index (χ0v) is 20.2. The van der Waals surface area contributed by atoms with E-state index in [0.29, 0.717) is 5.13 Å². The fourth-order valence-corrected chi connectivity index (χ4v) is 5.28. The van der Waals surface area contributed by atoms with Crippen LogP contribution in [0.5, 0.6) is 0 Å². The maximum atomic E-state index is 12.2. The molecule has 2 aromatic heterocycles. The van der Waals surface area contributed by atoms with Crippen molar-refractivity contribution in [1.29, 1.82) is 0 Å². The van der Waals surface area contributed by atoms with E-state index >= 15 is 0 Å². The number of amides is 2. The lowest BCUT2D eigenvalue weighted by atomic mass is 9.84. The van der Waals surface area contributed by atoms with Gasteiger partial charge in [-0.3, -0.25) is 18.4 Å². The van der Waals surface area contributed by atoms with Crippen molar-refractivity contribution >= 4 is 44.3 Å². The maximum absolute atomic E-state index is 12.2. The molecule has 2 N–H and O–H groups in total. The third-order valence-corrected chi connectivity index (χ3v) is 7.42. The van der Waals surface area contributed by atoms with Gasteiger partial charge in [-0.15, -0.1) is 11.3 Å². The zero-order chi connectivity index (χ0) is 24.0. The molecule has 2 amide bonds. The summed E-state index contributed by atoms with van der Waals surface area (Å²) in [5, 5.41) is 7.55. The van der Waals surface area contributed by atoms with E-state index in [1.54, 1.807) is 0 Å². The van der Waals surface area contributed by atoms with E-state index in [1.165, 1.54) is 36.9 Å². The van der Waals surface area contributed by atoms with Gasteiger partial charge in [0.2, 0.25) is 15.9 Å². The van der Waals surface area contributed by atoms with Crippen molar-refractivity contribution in [2.45, 2.75) is 44.4 Å². The Balaban J connectivity index is 1.48. The third-order valence-electron chi connectivity index (χ3n) is 5.65. The molecule has 10 nitrogen and oxygen atoms in total. The number of methoxy groups -OCH3 is 1. The molecule has 12 heteroatoms. The number of rotatable bonds is 7. The third kappa shape index (κ3) is 6.87. The van der Waals surface area contributed by atoms with Gasteiger partial charge in [-0.2, -0.15) is 0 Å². The van der Waals surface area contributed by atoms with Gasteiger partial charge in [-0.1, -0.05) is 12.8 Å². The molecule has 0 saturated heterocycles. The SMILES string of the molecule is COC(=O)C1CCCC(c2csc(NC(=O)CNC(=O)c3ccn(S(C)(=O)=O)c3)n2)CCC1. The molecule has 0 aliphatic heterocycles. The van der Waals surface area contributed by atoms with Crippen LogP contribution in [0.2, 0.25) is 0 Å². The number of carbonyl (C=O) groups excluding carboxylic acids is 3. The molecule has 180 valence electrons. The minimum Gasteiger partial charge on any atom is -0.469 e. The van der Waals surface area contributed by atoms with Crippen LogP contribution in [0.1, 0.15) is 60.5 Å². The van der Waals surface area contributed by atoms with Crippen LogP contribution < -0.4 is 10.6 Å². The number of hydrogen-bond donors (Lipinski definition) is 2. The highest BCUT2D eigenvalue weighted by atomic mass is 32.2. The van der Waals surface area contributed by atoms with Gasteiger partial charge in [0.15, 0.2) is 5.13 Å². The average Bonchev–Trinajstić information content (AvgIpc) is 3.41. The van der Waals surface area contributed by atoms with Crippen molar-refractivity contribution in [3.05, 3.63) is 35.1 Å². The van der Waals surface area contributed by atoms with Crippen molar-refractivity contribution in [2.75, 3.05) is 25.2 Å². The number of nitrogens with one attached hydrogen (secondary N) is 2. The standard InChI is InChI=1S/C21H28N4O6S2/c1-31-20(28)15-7-3-5-14(6-4-8-15)17-13-32-21(23-17)24-18(26)11-22-19(27)16-9-10-25(12-16)33(2,29)30/h9-10,12-15H,3-8,11H2,1-2H3,(H,22,27)(H,23,24,26). The number of esters is 1. The van der Waals surface area contributed by atoms with Gasteiger partial charge < -0.3 is 15.4 Å². The molecule has 0 radical (unpaired) electrons. The Bertz CT molecular complexity index is 1100. The topological polar surface area (TPSA) is 136 Å². The van der Waals surface area contributed by atoms with Gasteiger partial charge in [0.25, 0.3) is 5.91 Å². The molecular formula is C21H28N4O6S2. The first-order valence-electron chi connectivity index (χ1n) is 10.7. The molecule has 1 saturated carbocycles. The molecule has 2 heterocycles. The van der Waals surface area contributed by atoms with Gasteiger partial charge in [-0.05, 0) is 31.7 Å². The normalized spacial score (nSPS) is 19.2. The van der Waals surface area contributed by atoms with E-state index in [9.17, 15) is 22.8 Å². The van der Waals surface area contributed by atoms with Gasteiger partial charge >= 0.3 is 5.97 Å². The molecular weight excluding hydrogens is 468 g/mol. The zero-order valence-electron chi connectivity index (χ0n) is 18.6. The number of carbonyl (C=O) groups is 3. The lowest BCUT2D eigenvalue weighted by Gasteiger charge is -2.22. The summed E-state index contributed by atoms with van der Waals surface area (Å²) < 4.78 is 28.8. The Morgan fingerprint density at radius 1 is 1.21 bits per heavy atom. The number of aromatic nitrogens is 2. The molecule has 3 rings (SSSR count). The number of thiazole rings is 1. The summed E-state index contributed by atoms with van der Waals surface area (Å²) in [5.74, 6) is -0.852. The first-order valence-corrected chi connectivity index (χ1v) is 13.4. The van der Waals surface area contributed by atoms with Crippen molar-refractivity contribution in [1.82, 2.24) is 14.3 Å². The second kappa shape index (κ2) is 10.9. The maximum Gasteiger partial charge on any atom is 0.308 e. The van der Waals surface area contributed by atoms with E-state index in [1.807, 2.05) is 5.38 Å². The number of hydrogen-bond acceptors (Lipinski definition) is 8. The molecule has 0 bridgehead atoms. The van der Waals surface area contributed by atoms with Gasteiger partial charge in [0.05, 0.1) is 37.1 Å². The number of ether oxygens (including phenoxy) is 1. The molecule has 0 aromatic carbocycles. The van der Waals surface area contributed by atoms with Crippen LogP contribution in [0.3, 0.4) is 0 Å². The largest absolute Gasteiger partial charge is 0.469 e. The van der Waals surface area contributed by atoms with Crippen LogP contribution in [0.15, 0.2) is 23.8 Å². The summed E-state index contributed by atoms with van der Waals surface area (Å²) in [5.41, 5.74) is 1.07.